The molecule has 1 heterocycles. The van der Waals surface area contributed by atoms with E-state index in [4.69, 9.17) is 0 Å². The molecule has 1 fully saturated rings. The molecule has 0 spiro atoms. The normalized spacial score (nSPS) is 17.9. The fourth-order valence-electron chi connectivity index (χ4n) is 0.969. The van der Waals surface area contributed by atoms with Crippen LogP contribution in [0.5, 0.6) is 0 Å². The van der Waals surface area contributed by atoms with Crippen LogP contribution < -0.4 is 0 Å². The highest BCUT2D eigenvalue weighted by Crippen LogP contribution is 2.20. The predicted octanol–water partition coefficient (Wildman–Crippen LogP) is 0.546. The molecule has 84 valence electrons. The number of hydroxylamine groups is 2. The molecule has 0 aromatic rings. The molecule has 1 aliphatic rings. The lowest BCUT2D eigenvalue weighted by atomic mass is 10.1. The molecule has 1 aliphatic heterocycles. The SMILES string of the molecule is O=C1CCCC(=O)N1OC(=O)C(F)(F)F. The fraction of sp³-hybridized carbons (Fsp3) is 0.571. The first-order valence-electron chi connectivity index (χ1n) is 3.97. The summed E-state index contributed by atoms with van der Waals surface area (Å²) in [6.45, 7) is 0. The maximum Gasteiger partial charge on any atom is 0.493 e. The lowest BCUT2D eigenvalue weighted by molar-refractivity contribution is -0.237. The Morgan fingerprint density at radius 3 is 2.07 bits per heavy atom. The Bertz CT molecular complexity index is 296. The first-order chi connectivity index (χ1) is 6.82. The highest BCUT2D eigenvalue weighted by Gasteiger charge is 2.44. The van der Waals surface area contributed by atoms with E-state index in [0.29, 0.717) is 0 Å². The molecule has 15 heavy (non-hydrogen) atoms. The summed E-state index contributed by atoms with van der Waals surface area (Å²) in [4.78, 5) is 35.8. The van der Waals surface area contributed by atoms with Gasteiger partial charge in [-0.25, -0.2) is 4.79 Å². The molecular weight excluding hydrogens is 219 g/mol. The van der Waals surface area contributed by atoms with Gasteiger partial charge in [0.15, 0.2) is 0 Å². The van der Waals surface area contributed by atoms with Crippen LogP contribution in [0.15, 0.2) is 0 Å². The summed E-state index contributed by atoms with van der Waals surface area (Å²) in [6, 6.07) is 0. The number of imide groups is 1. The molecule has 0 radical (unpaired) electrons. The number of hydrogen-bond acceptors (Lipinski definition) is 4. The van der Waals surface area contributed by atoms with Crippen molar-refractivity contribution in [1.82, 2.24) is 5.06 Å². The number of rotatable bonds is 1. The number of alkyl halides is 3. The molecule has 0 N–H and O–H groups in total. The molecule has 0 aromatic heterocycles. The van der Waals surface area contributed by atoms with E-state index in [1.54, 1.807) is 0 Å². The maximum atomic E-state index is 11.7. The Hall–Kier alpha value is -1.60. The van der Waals surface area contributed by atoms with E-state index in [9.17, 15) is 27.6 Å². The molecule has 2 amide bonds. The Kier molecular flexibility index (Phi) is 2.96. The van der Waals surface area contributed by atoms with Gasteiger partial charge in [0.2, 0.25) is 0 Å². The standard InChI is InChI=1S/C7H6F3NO4/c8-7(9,10)6(14)15-11-4(12)2-1-3-5(11)13/h1-3H2. The number of halogens is 3. The lowest BCUT2D eigenvalue weighted by Crippen LogP contribution is -2.44. The summed E-state index contributed by atoms with van der Waals surface area (Å²) >= 11 is 0. The van der Waals surface area contributed by atoms with Gasteiger partial charge >= 0.3 is 12.1 Å². The summed E-state index contributed by atoms with van der Waals surface area (Å²) in [7, 11) is 0. The van der Waals surface area contributed by atoms with Crippen molar-refractivity contribution in [2.24, 2.45) is 0 Å². The summed E-state index contributed by atoms with van der Waals surface area (Å²) in [6.07, 6.45) is -5.20. The van der Waals surface area contributed by atoms with Crippen LogP contribution >= 0.6 is 0 Å². The van der Waals surface area contributed by atoms with Crippen LogP contribution in [-0.4, -0.2) is 29.0 Å². The van der Waals surface area contributed by atoms with Gasteiger partial charge in [0.1, 0.15) is 0 Å². The molecule has 0 saturated carbocycles. The van der Waals surface area contributed by atoms with Crippen molar-refractivity contribution in [1.29, 1.82) is 0 Å². The zero-order valence-corrected chi connectivity index (χ0v) is 7.34. The van der Waals surface area contributed by atoms with Crippen molar-refractivity contribution in [2.45, 2.75) is 25.4 Å². The Morgan fingerprint density at radius 2 is 1.67 bits per heavy atom. The van der Waals surface area contributed by atoms with E-state index >= 15 is 0 Å². The highest BCUT2D eigenvalue weighted by molar-refractivity contribution is 5.97. The summed E-state index contributed by atoms with van der Waals surface area (Å²) in [5.74, 6) is -4.46. The van der Waals surface area contributed by atoms with Crippen LogP contribution in [0.1, 0.15) is 19.3 Å². The van der Waals surface area contributed by atoms with E-state index in [-0.39, 0.29) is 24.3 Å². The van der Waals surface area contributed by atoms with Crippen molar-refractivity contribution >= 4 is 17.8 Å². The largest absolute Gasteiger partial charge is 0.493 e. The third-order valence-corrected chi connectivity index (χ3v) is 1.64. The van der Waals surface area contributed by atoms with E-state index in [0.717, 1.165) is 0 Å². The quantitative estimate of drug-likeness (QED) is 0.611. The summed E-state index contributed by atoms with van der Waals surface area (Å²) < 4.78 is 35.2. The second-order valence-corrected chi connectivity index (χ2v) is 2.81. The molecular formula is C7H6F3NO4. The van der Waals surface area contributed by atoms with Gasteiger partial charge in [-0.05, 0) is 6.42 Å². The van der Waals surface area contributed by atoms with E-state index in [1.807, 2.05) is 0 Å². The minimum absolute atomic E-state index is 0.114. The van der Waals surface area contributed by atoms with E-state index < -0.39 is 24.0 Å². The van der Waals surface area contributed by atoms with Gasteiger partial charge in [-0.1, -0.05) is 0 Å². The minimum Gasteiger partial charge on any atom is -0.322 e. The van der Waals surface area contributed by atoms with Gasteiger partial charge < -0.3 is 4.84 Å². The lowest BCUT2D eigenvalue weighted by Gasteiger charge is -2.22. The molecule has 0 aliphatic carbocycles. The topological polar surface area (TPSA) is 63.7 Å². The van der Waals surface area contributed by atoms with Crippen LogP contribution in [0.4, 0.5) is 13.2 Å². The van der Waals surface area contributed by atoms with Crippen molar-refractivity contribution in [2.75, 3.05) is 0 Å². The Balaban J connectivity index is 2.68. The van der Waals surface area contributed by atoms with Crippen LogP contribution in [-0.2, 0) is 19.2 Å². The minimum atomic E-state index is -5.22. The number of piperidine rings is 1. The van der Waals surface area contributed by atoms with Gasteiger partial charge in [-0.2, -0.15) is 13.2 Å². The monoisotopic (exact) mass is 225 g/mol. The molecule has 8 heteroatoms. The zero-order chi connectivity index (χ0) is 11.6. The van der Waals surface area contributed by atoms with Crippen molar-refractivity contribution in [3.63, 3.8) is 0 Å². The average molecular weight is 225 g/mol. The number of nitrogens with zero attached hydrogens (tertiary/aromatic N) is 1. The van der Waals surface area contributed by atoms with Gasteiger partial charge in [0.05, 0.1) is 0 Å². The van der Waals surface area contributed by atoms with E-state index in [2.05, 4.69) is 4.84 Å². The average Bonchev–Trinajstić information content (AvgIpc) is 2.09. The van der Waals surface area contributed by atoms with Crippen LogP contribution in [0.2, 0.25) is 0 Å². The number of hydrogen-bond donors (Lipinski definition) is 0. The Morgan fingerprint density at radius 1 is 1.20 bits per heavy atom. The fourth-order valence-corrected chi connectivity index (χ4v) is 0.969. The highest BCUT2D eigenvalue weighted by atomic mass is 19.4. The first-order valence-corrected chi connectivity index (χ1v) is 3.97. The maximum absolute atomic E-state index is 11.7. The smallest absolute Gasteiger partial charge is 0.322 e. The molecule has 1 saturated heterocycles. The van der Waals surface area contributed by atoms with Crippen LogP contribution in [0, 0.1) is 0 Å². The van der Waals surface area contributed by atoms with Gasteiger partial charge in [-0.3, -0.25) is 9.59 Å². The Labute approximate surface area is 81.7 Å². The molecule has 0 unspecified atom stereocenters. The van der Waals surface area contributed by atoms with E-state index in [1.165, 1.54) is 0 Å². The van der Waals surface area contributed by atoms with Gasteiger partial charge in [0.25, 0.3) is 11.8 Å². The van der Waals surface area contributed by atoms with Crippen molar-refractivity contribution < 1.29 is 32.4 Å². The van der Waals surface area contributed by atoms with Crippen molar-refractivity contribution in [3.05, 3.63) is 0 Å². The van der Waals surface area contributed by atoms with Crippen LogP contribution in [0.3, 0.4) is 0 Å². The second kappa shape index (κ2) is 3.87. The first kappa shape index (κ1) is 11.5. The zero-order valence-electron chi connectivity index (χ0n) is 7.34. The molecule has 1 rings (SSSR count). The summed E-state index contributed by atoms with van der Waals surface area (Å²) in [5.41, 5.74) is 0. The third kappa shape index (κ3) is 2.67. The predicted molar refractivity (Wildman–Crippen MR) is 37.9 cm³/mol. The molecule has 0 atom stereocenters. The summed E-state index contributed by atoms with van der Waals surface area (Å²) in [5, 5.41) is -0.126. The molecule has 5 nitrogen and oxygen atoms in total. The van der Waals surface area contributed by atoms with Gasteiger partial charge in [-0.15, -0.1) is 5.06 Å². The second-order valence-electron chi connectivity index (χ2n) is 2.81. The number of carbonyl (C=O) groups is 3. The number of carbonyl (C=O) groups excluding carboxylic acids is 3. The number of amides is 2. The van der Waals surface area contributed by atoms with Crippen molar-refractivity contribution in [3.8, 4) is 0 Å². The van der Waals surface area contributed by atoms with Crippen LogP contribution in [0.25, 0.3) is 0 Å². The molecule has 0 bridgehead atoms. The molecule has 0 aromatic carbocycles. The third-order valence-electron chi connectivity index (χ3n) is 1.64. The van der Waals surface area contributed by atoms with Gasteiger partial charge in [0, 0.05) is 12.8 Å².